The quantitative estimate of drug-likeness (QED) is 0.387. The van der Waals surface area contributed by atoms with Crippen LogP contribution in [0.25, 0.3) is 0 Å². The van der Waals surface area contributed by atoms with Gasteiger partial charge in [-0.05, 0) is 53.1 Å². The second kappa shape index (κ2) is 11.8. The maximum absolute atomic E-state index is 13.6. The van der Waals surface area contributed by atoms with Crippen LogP contribution in [0.3, 0.4) is 0 Å². The van der Waals surface area contributed by atoms with Crippen molar-refractivity contribution in [2.75, 3.05) is 27.7 Å². The zero-order valence-corrected chi connectivity index (χ0v) is 22.1. The van der Waals surface area contributed by atoms with Crippen LogP contribution in [0.5, 0.6) is 0 Å². The van der Waals surface area contributed by atoms with Crippen molar-refractivity contribution in [3.63, 3.8) is 0 Å². The van der Waals surface area contributed by atoms with Gasteiger partial charge in [0.1, 0.15) is 12.1 Å². The number of aliphatic hydroxyl groups is 1. The average Bonchev–Trinajstić information content (AvgIpc) is 2.60. The van der Waals surface area contributed by atoms with Crippen LogP contribution in [0.15, 0.2) is 11.6 Å². The monoisotopic (exact) mass is 455 g/mol. The first-order valence-electron chi connectivity index (χ1n) is 11.2. The highest BCUT2D eigenvalue weighted by atomic mass is 16.5. The van der Waals surface area contributed by atoms with Crippen molar-refractivity contribution >= 4 is 17.8 Å². The predicted molar refractivity (Wildman–Crippen MR) is 127 cm³/mol. The summed E-state index contributed by atoms with van der Waals surface area (Å²) in [5.41, 5.74) is -1.46. The standard InChI is InChI=1S/C24H45N3O5/c1-13-32-22(30)16(4)14-17(15(2)3)27(12)21(29)18(23(5,6)7)25-20(28)19(26(10)11)24(8,9)31/h14-15,17-19,31H,13H2,1-12H3,(H,25,28)/t17-,18-,19-/m1/s1. The minimum atomic E-state index is -1.30. The van der Waals surface area contributed by atoms with E-state index in [0.29, 0.717) is 5.57 Å². The molecule has 32 heavy (non-hydrogen) atoms. The van der Waals surface area contributed by atoms with E-state index in [1.807, 2.05) is 34.6 Å². The maximum Gasteiger partial charge on any atom is 0.333 e. The smallest absolute Gasteiger partial charge is 0.333 e. The molecule has 0 saturated heterocycles. The molecule has 2 amide bonds. The molecule has 8 heteroatoms. The molecule has 2 N–H and O–H groups in total. The first kappa shape index (κ1) is 30.1. The molecule has 0 aliphatic rings. The van der Waals surface area contributed by atoms with Gasteiger partial charge in [0.25, 0.3) is 0 Å². The van der Waals surface area contributed by atoms with Gasteiger partial charge in [0, 0.05) is 12.6 Å². The van der Waals surface area contributed by atoms with Crippen LogP contribution in [0, 0.1) is 11.3 Å². The third-order valence-electron chi connectivity index (χ3n) is 5.33. The van der Waals surface area contributed by atoms with Gasteiger partial charge in [-0.1, -0.05) is 40.7 Å². The molecule has 0 aromatic rings. The van der Waals surface area contributed by atoms with Crippen molar-refractivity contribution in [2.45, 2.75) is 86.0 Å². The molecule has 0 bridgehead atoms. The average molecular weight is 456 g/mol. The van der Waals surface area contributed by atoms with E-state index in [1.54, 1.807) is 64.7 Å². The lowest BCUT2D eigenvalue weighted by molar-refractivity contribution is -0.144. The van der Waals surface area contributed by atoms with Gasteiger partial charge in [0.15, 0.2) is 0 Å². The number of likely N-dealkylation sites (N-methyl/N-ethyl adjacent to an activating group) is 2. The molecule has 0 aliphatic heterocycles. The van der Waals surface area contributed by atoms with Crippen molar-refractivity contribution in [1.29, 1.82) is 0 Å². The lowest BCUT2D eigenvalue weighted by atomic mass is 9.84. The van der Waals surface area contributed by atoms with Crippen LogP contribution in [0.2, 0.25) is 0 Å². The molecule has 8 nitrogen and oxygen atoms in total. The van der Waals surface area contributed by atoms with Crippen LogP contribution in [-0.4, -0.2) is 84.2 Å². The molecule has 0 unspecified atom stereocenters. The first-order chi connectivity index (χ1) is 14.4. The molecule has 186 valence electrons. The number of rotatable bonds is 10. The van der Waals surface area contributed by atoms with Crippen molar-refractivity contribution < 1.29 is 24.2 Å². The molecule has 0 aromatic carbocycles. The Balaban J connectivity index is 6.01. The Bertz CT molecular complexity index is 687. The molecule has 3 atom stereocenters. The highest BCUT2D eigenvalue weighted by molar-refractivity contribution is 5.91. The van der Waals surface area contributed by atoms with Crippen molar-refractivity contribution in [3.8, 4) is 0 Å². The van der Waals surface area contributed by atoms with Crippen LogP contribution < -0.4 is 5.32 Å². The Kier molecular flexibility index (Phi) is 11.1. The minimum absolute atomic E-state index is 0.0237. The molecule has 0 saturated carbocycles. The second-order valence-electron chi connectivity index (χ2n) is 10.6. The predicted octanol–water partition coefficient (Wildman–Crippen LogP) is 2.21. The third-order valence-corrected chi connectivity index (χ3v) is 5.33. The summed E-state index contributed by atoms with van der Waals surface area (Å²) in [6.07, 6.45) is 1.74. The Morgan fingerprint density at radius 3 is 1.91 bits per heavy atom. The molecule has 0 aromatic heterocycles. The van der Waals surface area contributed by atoms with E-state index in [2.05, 4.69) is 5.32 Å². The number of nitrogens with one attached hydrogen (secondary N) is 1. The highest BCUT2D eigenvalue weighted by Crippen LogP contribution is 2.25. The highest BCUT2D eigenvalue weighted by Gasteiger charge is 2.41. The third kappa shape index (κ3) is 8.54. The Labute approximate surface area is 194 Å². The van der Waals surface area contributed by atoms with Gasteiger partial charge in [-0.3, -0.25) is 14.5 Å². The van der Waals surface area contributed by atoms with Crippen LogP contribution in [0.1, 0.15) is 62.3 Å². The van der Waals surface area contributed by atoms with Gasteiger partial charge in [0.05, 0.1) is 18.2 Å². The summed E-state index contributed by atoms with van der Waals surface area (Å²) in [5.74, 6) is -1.09. The van der Waals surface area contributed by atoms with Crippen molar-refractivity contribution in [2.24, 2.45) is 11.3 Å². The van der Waals surface area contributed by atoms with Gasteiger partial charge in [-0.15, -0.1) is 0 Å². The Morgan fingerprint density at radius 1 is 1.06 bits per heavy atom. The van der Waals surface area contributed by atoms with Gasteiger partial charge in [-0.25, -0.2) is 4.79 Å². The van der Waals surface area contributed by atoms with E-state index in [-0.39, 0.29) is 24.5 Å². The molecule has 0 aliphatic carbocycles. The lowest BCUT2D eigenvalue weighted by Crippen LogP contribution is -2.62. The van der Waals surface area contributed by atoms with Crippen LogP contribution >= 0.6 is 0 Å². The fourth-order valence-electron chi connectivity index (χ4n) is 3.73. The minimum Gasteiger partial charge on any atom is -0.463 e. The lowest BCUT2D eigenvalue weighted by Gasteiger charge is -2.40. The van der Waals surface area contributed by atoms with Crippen molar-refractivity contribution in [3.05, 3.63) is 11.6 Å². The Hall–Kier alpha value is -1.93. The number of esters is 1. The maximum atomic E-state index is 13.6. The summed E-state index contributed by atoms with van der Waals surface area (Å²) in [7, 11) is 5.09. The molecule has 0 heterocycles. The van der Waals surface area contributed by atoms with E-state index >= 15 is 0 Å². The molecular formula is C24H45N3O5. The van der Waals surface area contributed by atoms with Crippen LogP contribution in [0.4, 0.5) is 0 Å². The SMILES string of the molecule is CCOC(=O)C(C)=C[C@H](C(C)C)N(C)C(=O)[C@@H](NC(=O)[C@@H](N(C)C)C(C)(C)O)C(C)(C)C. The van der Waals surface area contributed by atoms with Gasteiger partial charge < -0.3 is 20.1 Å². The fraction of sp³-hybridized carbons (Fsp3) is 0.792. The fourth-order valence-corrected chi connectivity index (χ4v) is 3.73. The number of carbonyl (C=O) groups is 3. The van der Waals surface area contributed by atoms with E-state index < -0.39 is 35.0 Å². The van der Waals surface area contributed by atoms with Crippen LogP contribution in [-0.2, 0) is 19.1 Å². The number of ether oxygens (including phenoxy) is 1. The Morgan fingerprint density at radius 2 is 1.56 bits per heavy atom. The zero-order valence-electron chi connectivity index (χ0n) is 22.1. The topological polar surface area (TPSA) is 99.2 Å². The summed E-state index contributed by atoms with van der Waals surface area (Å²) in [6, 6.07) is -2.03. The van der Waals surface area contributed by atoms with E-state index in [1.165, 1.54) is 0 Å². The first-order valence-corrected chi connectivity index (χ1v) is 11.2. The second-order valence-corrected chi connectivity index (χ2v) is 10.6. The van der Waals surface area contributed by atoms with E-state index in [9.17, 15) is 19.5 Å². The number of amides is 2. The van der Waals surface area contributed by atoms with Crippen molar-refractivity contribution in [1.82, 2.24) is 15.1 Å². The number of hydrogen-bond acceptors (Lipinski definition) is 6. The van der Waals surface area contributed by atoms with E-state index in [4.69, 9.17) is 4.74 Å². The summed E-state index contributed by atoms with van der Waals surface area (Å²) in [5, 5.41) is 13.4. The number of nitrogens with zero attached hydrogens (tertiary/aromatic N) is 2. The van der Waals surface area contributed by atoms with E-state index in [0.717, 1.165) is 0 Å². The number of hydrogen-bond donors (Lipinski definition) is 2. The summed E-state index contributed by atoms with van der Waals surface area (Å²) < 4.78 is 5.06. The largest absolute Gasteiger partial charge is 0.463 e. The molecule has 0 spiro atoms. The number of carbonyl (C=O) groups excluding carboxylic acids is 3. The van der Waals surface area contributed by atoms with Gasteiger partial charge in [0.2, 0.25) is 11.8 Å². The molecule has 0 fully saturated rings. The van der Waals surface area contributed by atoms with Gasteiger partial charge in [-0.2, -0.15) is 0 Å². The molecular weight excluding hydrogens is 410 g/mol. The molecule has 0 rings (SSSR count). The van der Waals surface area contributed by atoms with Gasteiger partial charge >= 0.3 is 5.97 Å². The summed E-state index contributed by atoms with van der Waals surface area (Å²) >= 11 is 0. The molecule has 0 radical (unpaired) electrons. The normalized spacial score (nSPS) is 15.9. The zero-order chi connectivity index (χ0) is 25.6. The summed E-state index contributed by atoms with van der Waals surface area (Å²) in [4.78, 5) is 42.0. The summed E-state index contributed by atoms with van der Waals surface area (Å²) in [6.45, 7) is 16.4.